The zero-order chi connectivity index (χ0) is 23.9. The lowest BCUT2D eigenvalue weighted by Gasteiger charge is -2.28. The number of nitrogens with zero attached hydrogens (tertiary/aromatic N) is 2. The average Bonchev–Trinajstić information content (AvgIpc) is 3.12. The van der Waals surface area contributed by atoms with Gasteiger partial charge in [-0.1, -0.05) is 23.7 Å². The number of rotatable bonds is 5. The van der Waals surface area contributed by atoms with E-state index in [4.69, 9.17) is 16.0 Å². The summed E-state index contributed by atoms with van der Waals surface area (Å²) >= 11 is 6.13. The first kappa shape index (κ1) is 23.3. The molecule has 4 rings (SSSR count). The maximum absolute atomic E-state index is 13.5. The minimum atomic E-state index is -3.23. The number of amides is 1. The van der Waals surface area contributed by atoms with Crippen LogP contribution >= 0.6 is 11.6 Å². The predicted octanol–water partition coefficient (Wildman–Crippen LogP) is 3.65. The third kappa shape index (κ3) is 4.91. The molecule has 0 spiro atoms. The molecule has 2 heterocycles. The molecule has 2 aromatic carbocycles. The van der Waals surface area contributed by atoms with E-state index >= 15 is 0 Å². The molecule has 33 heavy (non-hydrogen) atoms. The molecule has 1 aromatic heterocycles. The molecular weight excluding hydrogens is 464 g/mol. The largest absolute Gasteiger partial charge is 0.451 e. The van der Waals surface area contributed by atoms with Gasteiger partial charge in [-0.2, -0.15) is 0 Å². The van der Waals surface area contributed by atoms with Crippen molar-refractivity contribution in [3.8, 4) is 0 Å². The SMILES string of the molecule is Cc1cc2oc(C(=O)N(Cc3ccc(N(C)C)cc3)C3CCS(=O)(=O)C3)cc(=O)c2cc1Cl. The number of anilines is 1. The quantitative estimate of drug-likeness (QED) is 0.544. The van der Waals surface area contributed by atoms with Crippen LogP contribution in [0.2, 0.25) is 5.02 Å². The van der Waals surface area contributed by atoms with E-state index in [0.29, 0.717) is 11.4 Å². The third-order valence-corrected chi connectivity index (χ3v) is 8.09. The Balaban J connectivity index is 1.72. The Morgan fingerprint density at radius 3 is 2.45 bits per heavy atom. The van der Waals surface area contributed by atoms with Crippen LogP contribution < -0.4 is 10.3 Å². The first-order valence-electron chi connectivity index (χ1n) is 10.6. The molecule has 174 valence electrons. The summed E-state index contributed by atoms with van der Waals surface area (Å²) in [7, 11) is 0.644. The molecule has 1 saturated heterocycles. The normalized spacial score (nSPS) is 17.3. The minimum absolute atomic E-state index is 0.0282. The summed E-state index contributed by atoms with van der Waals surface area (Å²) in [5.74, 6) is -0.717. The molecule has 1 unspecified atom stereocenters. The summed E-state index contributed by atoms with van der Waals surface area (Å²) in [6.45, 7) is 1.98. The number of carbonyl (C=O) groups is 1. The summed E-state index contributed by atoms with van der Waals surface area (Å²) < 4.78 is 30.1. The fraction of sp³-hybridized carbons (Fsp3) is 0.333. The van der Waals surface area contributed by atoms with Gasteiger partial charge in [0.25, 0.3) is 5.91 Å². The molecule has 1 aliphatic heterocycles. The molecule has 1 amide bonds. The van der Waals surface area contributed by atoms with Gasteiger partial charge in [-0.05, 0) is 48.7 Å². The van der Waals surface area contributed by atoms with Crippen molar-refractivity contribution >= 4 is 44.0 Å². The maximum Gasteiger partial charge on any atom is 0.290 e. The van der Waals surface area contributed by atoms with Gasteiger partial charge in [-0.3, -0.25) is 9.59 Å². The monoisotopic (exact) mass is 488 g/mol. The van der Waals surface area contributed by atoms with Gasteiger partial charge >= 0.3 is 0 Å². The van der Waals surface area contributed by atoms with E-state index in [1.807, 2.05) is 43.3 Å². The van der Waals surface area contributed by atoms with E-state index in [9.17, 15) is 18.0 Å². The fourth-order valence-electron chi connectivity index (χ4n) is 4.01. The van der Waals surface area contributed by atoms with Crippen LogP contribution in [0.25, 0.3) is 11.0 Å². The maximum atomic E-state index is 13.5. The van der Waals surface area contributed by atoms with Crippen molar-refractivity contribution in [1.29, 1.82) is 0 Å². The van der Waals surface area contributed by atoms with Crippen LogP contribution in [0.1, 0.15) is 28.1 Å². The van der Waals surface area contributed by atoms with Gasteiger partial charge in [-0.25, -0.2) is 8.42 Å². The van der Waals surface area contributed by atoms with Gasteiger partial charge < -0.3 is 14.2 Å². The smallest absolute Gasteiger partial charge is 0.290 e. The second kappa shape index (κ2) is 8.83. The van der Waals surface area contributed by atoms with Crippen molar-refractivity contribution in [2.24, 2.45) is 0 Å². The number of sulfone groups is 1. The first-order chi connectivity index (χ1) is 15.5. The van der Waals surface area contributed by atoms with Crippen LogP contribution in [-0.4, -0.2) is 50.9 Å². The molecule has 1 fully saturated rings. The number of hydrogen-bond donors (Lipinski definition) is 0. The van der Waals surface area contributed by atoms with Crippen LogP contribution in [0.15, 0.2) is 51.7 Å². The lowest BCUT2D eigenvalue weighted by atomic mass is 10.1. The van der Waals surface area contributed by atoms with Crippen molar-refractivity contribution in [1.82, 2.24) is 4.90 Å². The Morgan fingerprint density at radius 2 is 1.85 bits per heavy atom. The van der Waals surface area contributed by atoms with Gasteiger partial charge in [0, 0.05) is 43.5 Å². The van der Waals surface area contributed by atoms with Gasteiger partial charge in [-0.15, -0.1) is 0 Å². The molecule has 0 saturated carbocycles. The lowest BCUT2D eigenvalue weighted by Crippen LogP contribution is -2.40. The molecule has 0 bridgehead atoms. The van der Waals surface area contributed by atoms with Crippen molar-refractivity contribution in [2.75, 3.05) is 30.5 Å². The highest BCUT2D eigenvalue weighted by Crippen LogP contribution is 2.26. The lowest BCUT2D eigenvalue weighted by molar-refractivity contribution is 0.0648. The number of aryl methyl sites for hydroxylation is 1. The molecule has 0 radical (unpaired) electrons. The van der Waals surface area contributed by atoms with Crippen molar-refractivity contribution < 1.29 is 17.6 Å². The third-order valence-electron chi connectivity index (χ3n) is 5.93. The second-order valence-electron chi connectivity index (χ2n) is 8.62. The Morgan fingerprint density at radius 1 is 1.15 bits per heavy atom. The first-order valence-corrected chi connectivity index (χ1v) is 12.8. The van der Waals surface area contributed by atoms with Crippen LogP contribution in [0.4, 0.5) is 5.69 Å². The van der Waals surface area contributed by atoms with E-state index in [1.165, 1.54) is 11.0 Å². The van der Waals surface area contributed by atoms with Crippen LogP contribution in [-0.2, 0) is 16.4 Å². The van der Waals surface area contributed by atoms with Crippen molar-refractivity contribution in [2.45, 2.75) is 25.9 Å². The number of carbonyl (C=O) groups excluding carboxylic acids is 1. The molecule has 1 aliphatic rings. The highest BCUT2D eigenvalue weighted by molar-refractivity contribution is 7.91. The van der Waals surface area contributed by atoms with Gasteiger partial charge in [0.1, 0.15) is 5.58 Å². The molecule has 3 aromatic rings. The van der Waals surface area contributed by atoms with Crippen molar-refractivity contribution in [3.63, 3.8) is 0 Å². The average molecular weight is 489 g/mol. The molecule has 7 nitrogen and oxygen atoms in total. The second-order valence-corrected chi connectivity index (χ2v) is 11.3. The molecule has 0 N–H and O–H groups in total. The molecule has 1 atom stereocenters. The van der Waals surface area contributed by atoms with Gasteiger partial charge in [0.15, 0.2) is 21.0 Å². The molecule has 0 aliphatic carbocycles. The van der Waals surface area contributed by atoms with Crippen LogP contribution in [0, 0.1) is 6.92 Å². The Hall–Kier alpha value is -2.84. The predicted molar refractivity (Wildman–Crippen MR) is 130 cm³/mol. The Bertz CT molecular complexity index is 1380. The summed E-state index contributed by atoms with van der Waals surface area (Å²) in [5.41, 5.74) is 2.47. The van der Waals surface area contributed by atoms with Gasteiger partial charge in [0.2, 0.25) is 0 Å². The topological polar surface area (TPSA) is 87.9 Å². The highest BCUT2D eigenvalue weighted by Gasteiger charge is 2.36. The number of hydrogen-bond acceptors (Lipinski definition) is 6. The highest BCUT2D eigenvalue weighted by atomic mass is 35.5. The van der Waals surface area contributed by atoms with E-state index in [-0.39, 0.29) is 40.2 Å². The number of halogens is 1. The standard InChI is InChI=1S/C24H25ClN2O5S/c1-15-10-22-19(11-20(15)25)21(28)12-23(32-22)24(29)27(18-8-9-33(30,31)14-18)13-16-4-6-17(7-5-16)26(2)3/h4-7,10-12,18H,8-9,13-14H2,1-3H3. The van der Waals surface area contributed by atoms with E-state index in [1.54, 1.807) is 13.0 Å². The molecule has 9 heteroatoms. The van der Waals surface area contributed by atoms with Crippen molar-refractivity contribution in [3.05, 3.63) is 74.6 Å². The van der Waals surface area contributed by atoms with E-state index in [0.717, 1.165) is 22.9 Å². The van der Waals surface area contributed by atoms with E-state index < -0.39 is 21.8 Å². The summed E-state index contributed by atoms with van der Waals surface area (Å²) in [6.07, 6.45) is 0.344. The van der Waals surface area contributed by atoms with Crippen LogP contribution in [0.5, 0.6) is 0 Å². The zero-order valence-corrected chi connectivity index (χ0v) is 20.2. The Labute approximate surface area is 197 Å². The van der Waals surface area contributed by atoms with Gasteiger partial charge in [0.05, 0.1) is 16.9 Å². The number of benzene rings is 2. The number of fused-ring (bicyclic) bond motifs is 1. The summed E-state index contributed by atoms with van der Waals surface area (Å²) in [5, 5.41) is 0.726. The summed E-state index contributed by atoms with van der Waals surface area (Å²) in [6, 6.07) is 11.5. The minimum Gasteiger partial charge on any atom is -0.451 e. The fourth-order valence-corrected chi connectivity index (χ4v) is 5.90. The van der Waals surface area contributed by atoms with Crippen LogP contribution in [0.3, 0.4) is 0 Å². The Kier molecular flexibility index (Phi) is 6.24. The summed E-state index contributed by atoms with van der Waals surface area (Å²) in [4.78, 5) is 29.7. The zero-order valence-electron chi connectivity index (χ0n) is 18.7. The van der Waals surface area contributed by atoms with E-state index in [2.05, 4.69) is 0 Å². The molecular formula is C24H25ClN2O5S.